The molecule has 1 aliphatic rings. The van der Waals surface area contributed by atoms with E-state index in [0.717, 1.165) is 17.7 Å². The normalized spacial score (nSPS) is 19.8. The Labute approximate surface area is 157 Å². The lowest BCUT2D eigenvalue weighted by Gasteiger charge is -2.29. The number of carbonyl (C=O) groups excluding carboxylic acids is 1. The Hall–Kier alpha value is -2.08. The molecule has 0 bridgehead atoms. The van der Waals surface area contributed by atoms with Crippen molar-refractivity contribution < 1.29 is 23.7 Å². The van der Waals surface area contributed by atoms with Gasteiger partial charge in [0.15, 0.2) is 6.29 Å². The fraction of sp³-hybridized carbons (Fsp3) is 0.350. The van der Waals surface area contributed by atoms with Gasteiger partial charge in [-0.05, 0) is 42.8 Å². The van der Waals surface area contributed by atoms with Crippen molar-refractivity contribution in [3.63, 3.8) is 0 Å². The number of rotatable bonds is 6. The Morgan fingerprint density at radius 3 is 2.35 bits per heavy atom. The number of benzene rings is 2. The maximum Gasteiger partial charge on any atom is 0.338 e. The molecule has 0 spiro atoms. The fourth-order valence-electron chi connectivity index (χ4n) is 2.49. The van der Waals surface area contributed by atoms with Crippen LogP contribution in [0.3, 0.4) is 0 Å². The predicted octanol–water partition coefficient (Wildman–Crippen LogP) is 4.40. The van der Waals surface area contributed by atoms with Crippen molar-refractivity contribution in [3.05, 3.63) is 64.7 Å². The van der Waals surface area contributed by atoms with Gasteiger partial charge in [0.2, 0.25) is 0 Å². The minimum atomic E-state index is -0.475. The Kier molecular flexibility index (Phi) is 6.50. The van der Waals surface area contributed by atoms with E-state index in [2.05, 4.69) is 0 Å². The average Bonchev–Trinajstić information content (AvgIpc) is 2.68. The van der Waals surface area contributed by atoms with E-state index in [9.17, 15) is 4.79 Å². The van der Waals surface area contributed by atoms with Crippen LogP contribution in [-0.4, -0.2) is 31.9 Å². The van der Waals surface area contributed by atoms with E-state index in [1.54, 1.807) is 36.4 Å². The second-order valence-electron chi connectivity index (χ2n) is 5.95. The van der Waals surface area contributed by atoms with Crippen LogP contribution in [0.15, 0.2) is 48.5 Å². The summed E-state index contributed by atoms with van der Waals surface area (Å²) < 4.78 is 22.3. The van der Waals surface area contributed by atoms with Gasteiger partial charge in [0.05, 0.1) is 25.4 Å². The standard InChI is InChI=1S/C20H21ClO5/c1-2-11-23-17-9-5-14(6-10-17)19(22)26-18-12-24-20(25-13-18)15-3-7-16(21)8-4-15/h3-10,18,20H,2,11-13H2,1H3. The third kappa shape index (κ3) is 4.97. The van der Waals surface area contributed by atoms with E-state index < -0.39 is 18.4 Å². The molecule has 0 unspecified atom stereocenters. The van der Waals surface area contributed by atoms with Gasteiger partial charge in [0.1, 0.15) is 11.9 Å². The zero-order valence-corrected chi connectivity index (χ0v) is 15.3. The first-order valence-corrected chi connectivity index (χ1v) is 8.96. The highest BCUT2D eigenvalue weighted by Gasteiger charge is 2.26. The molecule has 2 aromatic rings. The lowest BCUT2D eigenvalue weighted by Crippen LogP contribution is -2.35. The molecule has 5 nitrogen and oxygen atoms in total. The van der Waals surface area contributed by atoms with Gasteiger partial charge in [-0.2, -0.15) is 0 Å². The Bertz CT molecular complexity index is 706. The molecule has 0 saturated carbocycles. The highest BCUT2D eigenvalue weighted by Crippen LogP contribution is 2.25. The molecule has 1 fully saturated rings. The van der Waals surface area contributed by atoms with E-state index in [-0.39, 0.29) is 13.2 Å². The fourth-order valence-corrected chi connectivity index (χ4v) is 2.62. The summed E-state index contributed by atoms with van der Waals surface area (Å²) in [5.41, 5.74) is 1.34. The highest BCUT2D eigenvalue weighted by atomic mass is 35.5. The molecule has 0 aliphatic carbocycles. The first kappa shape index (κ1) is 18.7. The molecule has 3 rings (SSSR count). The summed E-state index contributed by atoms with van der Waals surface area (Å²) in [6.45, 7) is 3.24. The maximum absolute atomic E-state index is 12.2. The van der Waals surface area contributed by atoms with Gasteiger partial charge < -0.3 is 18.9 Å². The third-order valence-corrected chi connectivity index (χ3v) is 4.10. The molecule has 0 amide bonds. The summed E-state index contributed by atoms with van der Waals surface area (Å²) in [5.74, 6) is 0.327. The Morgan fingerprint density at radius 2 is 1.73 bits per heavy atom. The van der Waals surface area contributed by atoms with Crippen LogP contribution in [0.1, 0.15) is 35.6 Å². The number of esters is 1. The molecule has 138 valence electrons. The van der Waals surface area contributed by atoms with E-state index in [1.165, 1.54) is 0 Å². The molecule has 1 aliphatic heterocycles. The predicted molar refractivity (Wildman–Crippen MR) is 97.5 cm³/mol. The Balaban J connectivity index is 1.49. The van der Waals surface area contributed by atoms with Crippen molar-refractivity contribution in [1.82, 2.24) is 0 Å². The number of hydrogen-bond donors (Lipinski definition) is 0. The molecule has 26 heavy (non-hydrogen) atoms. The second-order valence-corrected chi connectivity index (χ2v) is 6.39. The summed E-state index contributed by atoms with van der Waals surface area (Å²) in [4.78, 5) is 12.2. The summed E-state index contributed by atoms with van der Waals surface area (Å²) in [6.07, 6.45) is 0.0157. The maximum atomic E-state index is 12.2. The van der Waals surface area contributed by atoms with E-state index in [4.69, 9.17) is 30.5 Å². The average molecular weight is 377 g/mol. The van der Waals surface area contributed by atoms with Gasteiger partial charge in [-0.25, -0.2) is 4.79 Å². The van der Waals surface area contributed by atoms with Crippen molar-refractivity contribution >= 4 is 17.6 Å². The van der Waals surface area contributed by atoms with Crippen LogP contribution in [0.4, 0.5) is 0 Å². The number of hydrogen-bond acceptors (Lipinski definition) is 5. The van der Waals surface area contributed by atoms with Gasteiger partial charge in [-0.15, -0.1) is 0 Å². The third-order valence-electron chi connectivity index (χ3n) is 3.85. The van der Waals surface area contributed by atoms with Crippen molar-refractivity contribution in [2.75, 3.05) is 19.8 Å². The van der Waals surface area contributed by atoms with Crippen LogP contribution in [0.25, 0.3) is 0 Å². The first-order chi connectivity index (χ1) is 12.7. The minimum absolute atomic E-state index is 0.275. The molecule has 2 aromatic carbocycles. The second kappa shape index (κ2) is 9.03. The molecular formula is C20H21ClO5. The van der Waals surface area contributed by atoms with Crippen LogP contribution in [0.2, 0.25) is 5.02 Å². The van der Waals surface area contributed by atoms with Gasteiger partial charge in [-0.1, -0.05) is 30.7 Å². The largest absolute Gasteiger partial charge is 0.494 e. The van der Waals surface area contributed by atoms with Gasteiger partial charge in [-0.3, -0.25) is 0 Å². The summed E-state index contributed by atoms with van der Waals surface area (Å²) in [6, 6.07) is 14.2. The summed E-state index contributed by atoms with van der Waals surface area (Å²) in [5, 5.41) is 0.655. The highest BCUT2D eigenvalue weighted by molar-refractivity contribution is 6.30. The molecule has 6 heteroatoms. The van der Waals surface area contributed by atoms with Gasteiger partial charge >= 0.3 is 5.97 Å². The molecule has 1 heterocycles. The quantitative estimate of drug-likeness (QED) is 0.699. The van der Waals surface area contributed by atoms with Gasteiger partial charge in [0.25, 0.3) is 0 Å². The zero-order chi connectivity index (χ0) is 18.4. The summed E-state index contributed by atoms with van der Waals surface area (Å²) in [7, 11) is 0. The van der Waals surface area contributed by atoms with E-state index in [0.29, 0.717) is 17.2 Å². The van der Waals surface area contributed by atoms with Crippen molar-refractivity contribution in [2.45, 2.75) is 25.7 Å². The SMILES string of the molecule is CCCOc1ccc(C(=O)OC2COC(c3ccc(Cl)cc3)OC2)cc1. The van der Waals surface area contributed by atoms with Crippen LogP contribution < -0.4 is 4.74 Å². The molecule has 1 saturated heterocycles. The van der Waals surface area contributed by atoms with Crippen molar-refractivity contribution in [3.8, 4) is 5.75 Å². The smallest absolute Gasteiger partial charge is 0.338 e. The zero-order valence-electron chi connectivity index (χ0n) is 14.5. The monoisotopic (exact) mass is 376 g/mol. The number of ether oxygens (including phenoxy) is 4. The Morgan fingerprint density at radius 1 is 1.08 bits per heavy atom. The topological polar surface area (TPSA) is 54.0 Å². The van der Waals surface area contributed by atoms with Crippen LogP contribution in [0, 0.1) is 0 Å². The lowest BCUT2D eigenvalue weighted by atomic mass is 10.2. The number of halogens is 1. The van der Waals surface area contributed by atoms with Crippen molar-refractivity contribution in [2.24, 2.45) is 0 Å². The van der Waals surface area contributed by atoms with Crippen LogP contribution in [-0.2, 0) is 14.2 Å². The molecule has 0 atom stereocenters. The molecular weight excluding hydrogens is 356 g/mol. The van der Waals surface area contributed by atoms with Gasteiger partial charge in [0, 0.05) is 10.6 Å². The summed E-state index contributed by atoms with van der Waals surface area (Å²) >= 11 is 5.88. The van der Waals surface area contributed by atoms with E-state index in [1.807, 2.05) is 19.1 Å². The van der Waals surface area contributed by atoms with Crippen LogP contribution >= 0.6 is 11.6 Å². The molecule has 0 aromatic heterocycles. The molecule has 0 radical (unpaired) electrons. The number of carbonyl (C=O) groups is 1. The van der Waals surface area contributed by atoms with E-state index >= 15 is 0 Å². The lowest BCUT2D eigenvalue weighted by molar-refractivity contribution is -0.220. The minimum Gasteiger partial charge on any atom is -0.494 e. The van der Waals surface area contributed by atoms with Crippen LogP contribution in [0.5, 0.6) is 5.75 Å². The molecule has 0 N–H and O–H groups in total. The first-order valence-electron chi connectivity index (χ1n) is 8.58. The van der Waals surface area contributed by atoms with Crippen molar-refractivity contribution in [1.29, 1.82) is 0 Å².